The molecule has 9 heteroatoms. The van der Waals surface area contributed by atoms with Crippen molar-refractivity contribution in [2.75, 3.05) is 0 Å². The third-order valence-corrected chi connectivity index (χ3v) is 17.1. The van der Waals surface area contributed by atoms with Gasteiger partial charge in [0.25, 0.3) is 5.91 Å². The van der Waals surface area contributed by atoms with Crippen LogP contribution in [-0.2, 0) is 17.9 Å². The summed E-state index contributed by atoms with van der Waals surface area (Å²) in [4.78, 5) is 51.0. The fraction of sp³-hybridized carbons (Fsp3) is 0.617. The third-order valence-electron chi connectivity index (χ3n) is 17.1. The van der Waals surface area contributed by atoms with Crippen LogP contribution in [0.4, 0.5) is 0 Å². The van der Waals surface area contributed by atoms with Crippen LogP contribution in [0, 0.1) is 56.7 Å². The molecule has 0 saturated heterocycles. The van der Waals surface area contributed by atoms with Crippen molar-refractivity contribution in [2.24, 2.45) is 56.7 Å². The second-order valence-electron chi connectivity index (χ2n) is 19.8. The Morgan fingerprint density at radius 1 is 0.732 bits per heavy atom. The summed E-state index contributed by atoms with van der Waals surface area (Å²) in [6, 6.07) is 11.0. The van der Waals surface area contributed by atoms with Gasteiger partial charge >= 0.3 is 11.9 Å². The normalized spacial score (nSPS) is 36.8. The van der Waals surface area contributed by atoms with Crippen molar-refractivity contribution < 1.29 is 34.5 Å². The summed E-state index contributed by atoms with van der Waals surface area (Å²) in [6.45, 7) is 19.5. The summed E-state index contributed by atoms with van der Waals surface area (Å²) >= 11 is 0. The predicted molar refractivity (Wildman–Crippen MR) is 215 cm³/mol. The number of benzene rings is 2. The fourth-order valence-electron chi connectivity index (χ4n) is 14.1. The monoisotopic (exact) mass is 766 g/mol. The van der Waals surface area contributed by atoms with E-state index < -0.39 is 23.3 Å². The van der Waals surface area contributed by atoms with Crippen molar-refractivity contribution in [1.82, 2.24) is 10.6 Å². The lowest BCUT2D eigenvalue weighted by atomic mass is 9.32. The Balaban J connectivity index is 1.08. The maximum absolute atomic E-state index is 14.7. The van der Waals surface area contributed by atoms with E-state index in [1.165, 1.54) is 24.5 Å². The van der Waals surface area contributed by atoms with Gasteiger partial charge in [0.2, 0.25) is 5.91 Å². The number of hydrogen-bond acceptors (Lipinski definition) is 5. The van der Waals surface area contributed by atoms with E-state index in [4.69, 9.17) is 0 Å². The molecular formula is C47H62N2O7. The van der Waals surface area contributed by atoms with Crippen LogP contribution < -0.4 is 10.6 Å². The lowest BCUT2D eigenvalue weighted by molar-refractivity contribution is -0.246. The number of allylic oxidation sites excluding steroid dienone is 1. The molecular weight excluding hydrogens is 705 g/mol. The van der Waals surface area contributed by atoms with Gasteiger partial charge in [0.15, 0.2) is 0 Å². The third kappa shape index (κ3) is 6.13. The molecule has 5 N–H and O–H groups in total. The van der Waals surface area contributed by atoms with Crippen LogP contribution in [0.25, 0.3) is 0 Å². The molecule has 9 nitrogen and oxygen atoms in total. The summed E-state index contributed by atoms with van der Waals surface area (Å²) in [5, 5.41) is 36.2. The predicted octanol–water partition coefficient (Wildman–Crippen LogP) is 8.65. The lowest BCUT2D eigenvalue weighted by Gasteiger charge is -2.72. The van der Waals surface area contributed by atoms with E-state index in [2.05, 4.69) is 58.8 Å². The Kier molecular flexibility index (Phi) is 10.2. The Labute approximate surface area is 332 Å². The van der Waals surface area contributed by atoms with Crippen LogP contribution in [0.3, 0.4) is 0 Å². The van der Waals surface area contributed by atoms with Gasteiger partial charge in [0.1, 0.15) is 0 Å². The molecule has 7 rings (SSSR count). The SMILES string of the molecule is C=C(C)[C@@H]1CC[C@]2(C(=O)NCc3cccc(CNC(=O)c4cc(C(=O)O)ccc4C(=O)O)c3)CC[C@]3(C)C(CCC4[C@@]5(C)CC[C@H](O)C(C)(C)C5CC[C@]43C)C12. The number of aromatic carboxylic acids is 2. The molecule has 2 amide bonds. The lowest BCUT2D eigenvalue weighted by Crippen LogP contribution is -2.67. The number of carboxylic acids is 2. The summed E-state index contributed by atoms with van der Waals surface area (Å²) < 4.78 is 0. The van der Waals surface area contributed by atoms with Gasteiger partial charge in [-0.1, -0.05) is 71.0 Å². The quantitative estimate of drug-likeness (QED) is 0.160. The van der Waals surface area contributed by atoms with Gasteiger partial charge in [0.05, 0.1) is 28.2 Å². The Bertz CT molecular complexity index is 1960. The molecule has 0 radical (unpaired) electrons. The van der Waals surface area contributed by atoms with Crippen LogP contribution in [0.1, 0.15) is 148 Å². The van der Waals surface area contributed by atoms with E-state index in [0.717, 1.165) is 74.6 Å². The highest BCUT2D eigenvalue weighted by Crippen LogP contribution is 2.77. The number of carbonyl (C=O) groups is 4. The first-order valence-corrected chi connectivity index (χ1v) is 20.9. The topological polar surface area (TPSA) is 153 Å². The number of hydrogen-bond donors (Lipinski definition) is 5. The zero-order valence-electron chi connectivity index (χ0n) is 34.2. The Morgan fingerprint density at radius 3 is 2.09 bits per heavy atom. The van der Waals surface area contributed by atoms with Crippen LogP contribution in [0.2, 0.25) is 0 Å². The van der Waals surface area contributed by atoms with Gasteiger partial charge in [-0.15, -0.1) is 0 Å². The summed E-state index contributed by atoms with van der Waals surface area (Å²) in [7, 11) is 0. The molecule has 0 aromatic heterocycles. The first-order valence-electron chi connectivity index (χ1n) is 20.9. The maximum Gasteiger partial charge on any atom is 0.336 e. The molecule has 5 fully saturated rings. The second kappa shape index (κ2) is 14.1. The minimum absolute atomic E-state index is 0.0854. The van der Waals surface area contributed by atoms with E-state index in [0.29, 0.717) is 30.2 Å². The number of carboxylic acid groups (broad SMARTS) is 2. The molecule has 0 bridgehead atoms. The molecule has 4 unspecified atom stereocenters. The maximum atomic E-state index is 14.7. The Hall–Kier alpha value is -3.98. The number of amides is 2. The summed E-state index contributed by atoms with van der Waals surface area (Å²) in [5.74, 6) is -1.03. The molecule has 5 aliphatic rings. The van der Waals surface area contributed by atoms with Crippen molar-refractivity contribution in [3.05, 3.63) is 82.4 Å². The molecule has 0 heterocycles. The zero-order chi connectivity index (χ0) is 40.6. The molecule has 302 valence electrons. The van der Waals surface area contributed by atoms with Gasteiger partial charge in [-0.25, -0.2) is 9.59 Å². The fourth-order valence-corrected chi connectivity index (χ4v) is 14.1. The van der Waals surface area contributed by atoms with E-state index >= 15 is 0 Å². The summed E-state index contributed by atoms with van der Waals surface area (Å²) in [5.41, 5.74) is 2.12. The van der Waals surface area contributed by atoms with Crippen molar-refractivity contribution in [1.29, 1.82) is 0 Å². The van der Waals surface area contributed by atoms with E-state index in [1.54, 1.807) is 0 Å². The van der Waals surface area contributed by atoms with Crippen LogP contribution in [-0.4, -0.2) is 45.2 Å². The number of carbonyl (C=O) groups excluding carboxylic acids is 2. The number of fused-ring (bicyclic) bond motifs is 7. The molecule has 5 saturated carbocycles. The smallest absolute Gasteiger partial charge is 0.336 e. The number of aliphatic hydroxyl groups is 1. The van der Waals surface area contributed by atoms with E-state index in [-0.39, 0.29) is 62.8 Å². The zero-order valence-corrected chi connectivity index (χ0v) is 34.2. The molecule has 0 aliphatic heterocycles. The minimum atomic E-state index is -1.32. The first-order chi connectivity index (χ1) is 26.3. The highest BCUT2D eigenvalue weighted by molar-refractivity contribution is 6.06. The van der Waals surface area contributed by atoms with Crippen LogP contribution in [0.15, 0.2) is 54.6 Å². The largest absolute Gasteiger partial charge is 0.478 e. The number of nitrogens with one attached hydrogen (secondary N) is 2. The van der Waals surface area contributed by atoms with Crippen molar-refractivity contribution in [2.45, 2.75) is 125 Å². The van der Waals surface area contributed by atoms with Gasteiger partial charge in [-0.05, 0) is 152 Å². The van der Waals surface area contributed by atoms with E-state index in [1.807, 2.05) is 24.3 Å². The number of aliphatic hydroxyl groups excluding tert-OH is 1. The first kappa shape index (κ1) is 40.2. The molecule has 10 atom stereocenters. The molecule has 0 spiro atoms. The average molecular weight is 767 g/mol. The number of rotatable bonds is 9. The van der Waals surface area contributed by atoms with Gasteiger partial charge in [-0.2, -0.15) is 0 Å². The summed E-state index contributed by atoms with van der Waals surface area (Å²) in [6.07, 6.45) is 10.1. The standard InChI is InChI=1S/C47H62N2O7/c1-27(2)31-15-20-47(22-21-45(6)34(38(31)47)13-14-36-44(5)18-17-37(50)43(3,4)35(44)16-19-46(36,45)7)42(56)49-26-29-10-8-9-28(23-29)25-48-39(51)33-24-30(40(52)53)11-12-32(33)41(54)55/h8-12,23-24,31,34-38,50H,1,13-22,25-26H2,2-7H3,(H,48,51)(H,49,56)(H,52,53)(H,54,55)/t31-,34?,35?,36?,37-,38?,44-,45+,46+,47-/m0/s1. The molecule has 2 aromatic carbocycles. The molecule has 5 aliphatic carbocycles. The van der Waals surface area contributed by atoms with Crippen LogP contribution in [0.5, 0.6) is 0 Å². The minimum Gasteiger partial charge on any atom is -0.478 e. The van der Waals surface area contributed by atoms with Gasteiger partial charge in [-0.3, -0.25) is 9.59 Å². The van der Waals surface area contributed by atoms with Gasteiger partial charge < -0.3 is 26.0 Å². The Morgan fingerprint density at radius 2 is 1.43 bits per heavy atom. The highest BCUT2D eigenvalue weighted by Gasteiger charge is 2.71. The molecule has 2 aromatic rings. The van der Waals surface area contributed by atoms with E-state index in [9.17, 15) is 34.5 Å². The van der Waals surface area contributed by atoms with Crippen molar-refractivity contribution >= 4 is 23.8 Å². The molecule has 56 heavy (non-hydrogen) atoms. The van der Waals surface area contributed by atoms with Gasteiger partial charge in [0, 0.05) is 13.1 Å². The van der Waals surface area contributed by atoms with Crippen molar-refractivity contribution in [3.8, 4) is 0 Å². The van der Waals surface area contributed by atoms with Crippen LogP contribution >= 0.6 is 0 Å². The average Bonchev–Trinajstić information content (AvgIpc) is 3.56. The van der Waals surface area contributed by atoms with Crippen molar-refractivity contribution in [3.63, 3.8) is 0 Å². The second-order valence-corrected chi connectivity index (χ2v) is 19.8. The highest BCUT2D eigenvalue weighted by atomic mass is 16.4.